The number of alkyl halides is 1. The van der Waals surface area contributed by atoms with E-state index in [1.54, 1.807) is 0 Å². The summed E-state index contributed by atoms with van der Waals surface area (Å²) in [4.78, 5) is 0. The average Bonchev–Trinajstić information content (AvgIpc) is 2.71. The smallest absolute Gasteiger partial charge is 0.134 e. The van der Waals surface area contributed by atoms with Gasteiger partial charge in [-0.25, -0.2) is 4.39 Å². The SMILES string of the molecule is CCCCCC1CCC(C(CCCC)CC(F)COc2ccccc2)CC1. The maximum Gasteiger partial charge on any atom is 0.134 e. The Morgan fingerprint density at radius 1 is 0.963 bits per heavy atom. The third-order valence-electron chi connectivity index (χ3n) is 6.44. The molecule has 0 saturated heterocycles. The van der Waals surface area contributed by atoms with Gasteiger partial charge in [0.05, 0.1) is 0 Å². The Kier molecular flexibility index (Phi) is 10.9. The number of hydrogen-bond acceptors (Lipinski definition) is 1. The Balaban J connectivity index is 1.76. The largest absolute Gasteiger partial charge is 0.491 e. The van der Waals surface area contributed by atoms with E-state index in [1.165, 1.54) is 70.6 Å². The van der Waals surface area contributed by atoms with E-state index >= 15 is 0 Å². The Bertz CT molecular complexity index is 466. The van der Waals surface area contributed by atoms with E-state index in [0.717, 1.165) is 17.6 Å². The van der Waals surface area contributed by atoms with Crippen LogP contribution < -0.4 is 4.74 Å². The molecule has 1 nitrogen and oxygen atoms in total. The monoisotopic (exact) mass is 376 g/mol. The molecule has 27 heavy (non-hydrogen) atoms. The molecule has 1 aliphatic carbocycles. The van der Waals surface area contributed by atoms with Gasteiger partial charge in [0.25, 0.3) is 0 Å². The van der Waals surface area contributed by atoms with Gasteiger partial charge >= 0.3 is 0 Å². The Labute approximate surface area is 167 Å². The molecule has 0 spiro atoms. The van der Waals surface area contributed by atoms with Gasteiger partial charge in [-0.15, -0.1) is 0 Å². The summed E-state index contributed by atoms with van der Waals surface area (Å²) in [6, 6.07) is 9.64. The van der Waals surface area contributed by atoms with E-state index in [0.29, 0.717) is 12.3 Å². The van der Waals surface area contributed by atoms with Crippen molar-refractivity contribution < 1.29 is 9.13 Å². The van der Waals surface area contributed by atoms with E-state index in [-0.39, 0.29) is 6.61 Å². The summed E-state index contributed by atoms with van der Waals surface area (Å²) in [5.74, 6) is 2.98. The van der Waals surface area contributed by atoms with Crippen molar-refractivity contribution in [3.63, 3.8) is 0 Å². The van der Waals surface area contributed by atoms with E-state index < -0.39 is 6.17 Å². The number of ether oxygens (including phenoxy) is 1. The van der Waals surface area contributed by atoms with Gasteiger partial charge in [-0.2, -0.15) is 0 Å². The first-order valence-electron chi connectivity index (χ1n) is 11.5. The number of halogens is 1. The zero-order valence-corrected chi connectivity index (χ0v) is 17.7. The molecule has 2 atom stereocenters. The van der Waals surface area contributed by atoms with Crippen LogP contribution in [0.15, 0.2) is 30.3 Å². The standard InChI is InChI=1S/C25H41FO/c1-3-5-8-11-21-15-17-22(18-16-21)23(12-6-4-2)19-24(26)20-27-25-13-9-7-10-14-25/h7,9-10,13-14,21-24H,3-6,8,11-12,15-20H2,1-2H3. The summed E-state index contributed by atoms with van der Waals surface area (Å²) in [6.45, 7) is 4.72. The molecule has 154 valence electrons. The highest BCUT2D eigenvalue weighted by atomic mass is 19.1. The van der Waals surface area contributed by atoms with Gasteiger partial charge in [-0.1, -0.05) is 89.8 Å². The lowest BCUT2D eigenvalue weighted by molar-refractivity contribution is 0.119. The fourth-order valence-corrected chi connectivity index (χ4v) is 4.74. The molecule has 0 heterocycles. The van der Waals surface area contributed by atoms with Crippen LogP contribution in [0.2, 0.25) is 0 Å². The van der Waals surface area contributed by atoms with Gasteiger partial charge in [-0.05, 0) is 49.1 Å². The summed E-state index contributed by atoms with van der Waals surface area (Å²) in [5.41, 5.74) is 0. The van der Waals surface area contributed by atoms with Gasteiger partial charge in [0.15, 0.2) is 0 Å². The lowest BCUT2D eigenvalue weighted by atomic mass is 9.72. The highest BCUT2D eigenvalue weighted by Crippen LogP contribution is 2.39. The van der Waals surface area contributed by atoms with E-state index in [2.05, 4.69) is 13.8 Å². The molecule has 1 saturated carbocycles. The Hall–Kier alpha value is -1.05. The second-order valence-electron chi connectivity index (χ2n) is 8.64. The molecule has 2 rings (SSSR count). The van der Waals surface area contributed by atoms with Crippen molar-refractivity contribution in [2.45, 2.75) is 97.1 Å². The zero-order chi connectivity index (χ0) is 19.3. The molecule has 0 bridgehead atoms. The van der Waals surface area contributed by atoms with Crippen LogP contribution >= 0.6 is 0 Å². The maximum absolute atomic E-state index is 14.7. The molecule has 2 heteroatoms. The summed E-state index contributed by atoms with van der Waals surface area (Å²) in [5, 5.41) is 0. The number of rotatable bonds is 13. The van der Waals surface area contributed by atoms with Crippen LogP contribution in [0, 0.1) is 17.8 Å². The molecule has 0 amide bonds. The van der Waals surface area contributed by atoms with Crippen molar-refractivity contribution in [1.82, 2.24) is 0 Å². The minimum Gasteiger partial charge on any atom is -0.491 e. The van der Waals surface area contributed by atoms with E-state index in [4.69, 9.17) is 4.74 Å². The zero-order valence-electron chi connectivity index (χ0n) is 17.7. The fourth-order valence-electron chi connectivity index (χ4n) is 4.74. The third kappa shape index (κ3) is 8.66. The summed E-state index contributed by atoms with van der Waals surface area (Å²) < 4.78 is 20.3. The summed E-state index contributed by atoms with van der Waals surface area (Å²) in [7, 11) is 0. The van der Waals surface area contributed by atoms with Crippen LogP contribution in [-0.4, -0.2) is 12.8 Å². The number of hydrogen-bond donors (Lipinski definition) is 0. The number of para-hydroxylation sites is 1. The highest BCUT2D eigenvalue weighted by Gasteiger charge is 2.29. The van der Waals surface area contributed by atoms with Crippen LogP contribution in [0.5, 0.6) is 5.75 Å². The minimum absolute atomic E-state index is 0.193. The molecule has 1 aromatic carbocycles. The first-order chi connectivity index (χ1) is 13.2. The van der Waals surface area contributed by atoms with E-state index in [1.807, 2.05) is 30.3 Å². The third-order valence-corrected chi connectivity index (χ3v) is 6.44. The minimum atomic E-state index is -0.852. The normalized spacial score (nSPS) is 22.3. The van der Waals surface area contributed by atoms with Gasteiger partial charge < -0.3 is 4.74 Å². The van der Waals surface area contributed by atoms with Crippen LogP contribution in [0.4, 0.5) is 4.39 Å². The molecular formula is C25H41FO. The van der Waals surface area contributed by atoms with Gasteiger partial charge in [0, 0.05) is 0 Å². The van der Waals surface area contributed by atoms with Crippen molar-refractivity contribution in [3.8, 4) is 5.75 Å². The van der Waals surface area contributed by atoms with Crippen molar-refractivity contribution >= 4 is 0 Å². The molecule has 0 N–H and O–H groups in total. The average molecular weight is 377 g/mol. The lowest BCUT2D eigenvalue weighted by Crippen LogP contribution is -2.26. The molecule has 1 aromatic rings. The van der Waals surface area contributed by atoms with Crippen LogP contribution in [0.1, 0.15) is 90.9 Å². The fraction of sp³-hybridized carbons (Fsp3) is 0.760. The molecule has 1 fully saturated rings. The topological polar surface area (TPSA) is 9.23 Å². The van der Waals surface area contributed by atoms with Crippen LogP contribution in [0.25, 0.3) is 0 Å². The van der Waals surface area contributed by atoms with E-state index in [9.17, 15) is 4.39 Å². The van der Waals surface area contributed by atoms with Crippen LogP contribution in [0.3, 0.4) is 0 Å². The van der Waals surface area contributed by atoms with Crippen molar-refractivity contribution in [2.75, 3.05) is 6.61 Å². The first-order valence-corrected chi connectivity index (χ1v) is 11.5. The highest BCUT2D eigenvalue weighted by molar-refractivity contribution is 5.20. The van der Waals surface area contributed by atoms with Gasteiger partial charge in [0.2, 0.25) is 0 Å². The predicted molar refractivity (Wildman–Crippen MR) is 114 cm³/mol. The molecular weight excluding hydrogens is 335 g/mol. The first kappa shape index (κ1) is 22.2. The Morgan fingerprint density at radius 3 is 2.33 bits per heavy atom. The summed E-state index contributed by atoms with van der Waals surface area (Å²) >= 11 is 0. The molecule has 2 unspecified atom stereocenters. The second-order valence-corrected chi connectivity index (χ2v) is 8.64. The number of benzene rings is 1. The van der Waals surface area contributed by atoms with Crippen molar-refractivity contribution in [3.05, 3.63) is 30.3 Å². The Morgan fingerprint density at radius 2 is 1.67 bits per heavy atom. The second kappa shape index (κ2) is 13.2. The molecule has 0 aromatic heterocycles. The predicted octanol–water partition coefficient (Wildman–Crippen LogP) is 7.99. The molecule has 0 radical (unpaired) electrons. The van der Waals surface area contributed by atoms with Gasteiger partial charge in [0.1, 0.15) is 18.5 Å². The quantitative estimate of drug-likeness (QED) is 0.317. The number of unbranched alkanes of at least 4 members (excludes halogenated alkanes) is 3. The van der Waals surface area contributed by atoms with Gasteiger partial charge in [-0.3, -0.25) is 0 Å². The molecule has 0 aliphatic heterocycles. The van der Waals surface area contributed by atoms with Crippen LogP contribution in [-0.2, 0) is 0 Å². The van der Waals surface area contributed by atoms with Crippen molar-refractivity contribution in [2.24, 2.45) is 17.8 Å². The van der Waals surface area contributed by atoms with Crippen molar-refractivity contribution in [1.29, 1.82) is 0 Å². The maximum atomic E-state index is 14.7. The molecule has 1 aliphatic rings. The lowest BCUT2D eigenvalue weighted by Gasteiger charge is -2.35. The summed E-state index contributed by atoms with van der Waals surface area (Å²) in [6.07, 6.45) is 14.3.